The van der Waals surface area contributed by atoms with Gasteiger partial charge in [-0.25, -0.2) is 0 Å². The van der Waals surface area contributed by atoms with Crippen LogP contribution in [-0.4, -0.2) is 12.4 Å². The van der Waals surface area contributed by atoms with E-state index in [1.807, 2.05) is 0 Å². The Balaban J connectivity index is 1.28. The quantitative estimate of drug-likeness (QED) is 0.357. The normalized spacial score (nSPS) is 17.9. The zero-order valence-electron chi connectivity index (χ0n) is 20.2. The Morgan fingerprint density at radius 3 is 1.44 bits per heavy atom. The molecule has 0 bridgehead atoms. The van der Waals surface area contributed by atoms with E-state index in [4.69, 9.17) is 9.98 Å². The third-order valence-electron chi connectivity index (χ3n) is 7.51. The first-order chi connectivity index (χ1) is 15.7. The summed E-state index contributed by atoms with van der Waals surface area (Å²) in [4.78, 5) is 9.52. The summed E-state index contributed by atoms with van der Waals surface area (Å²) in [7, 11) is 0. The fourth-order valence-corrected chi connectivity index (χ4v) is 5.42. The SMILES string of the molecule is Cc1cc(CCc2ccc(N=CCC3CCCC3)c(C)c2)ccc1N=CCC1CCCC1. The Kier molecular flexibility index (Phi) is 8.31. The second-order valence-corrected chi connectivity index (χ2v) is 10.1. The third kappa shape index (κ3) is 6.64. The molecule has 0 amide bonds. The van der Waals surface area contributed by atoms with Gasteiger partial charge in [0.2, 0.25) is 0 Å². The topological polar surface area (TPSA) is 24.7 Å². The lowest BCUT2D eigenvalue weighted by Gasteiger charge is -2.08. The molecule has 0 aliphatic heterocycles. The molecule has 2 fully saturated rings. The summed E-state index contributed by atoms with van der Waals surface area (Å²) in [6.07, 6.45) is 19.9. The van der Waals surface area contributed by atoms with Gasteiger partial charge in [0, 0.05) is 12.4 Å². The minimum atomic E-state index is 0.867. The first kappa shape index (κ1) is 23.0. The highest BCUT2D eigenvalue weighted by Gasteiger charge is 2.14. The van der Waals surface area contributed by atoms with Crippen LogP contribution in [0.15, 0.2) is 46.4 Å². The lowest BCUT2D eigenvalue weighted by molar-refractivity contribution is 0.577. The van der Waals surface area contributed by atoms with E-state index in [9.17, 15) is 0 Å². The molecule has 2 heteroatoms. The summed E-state index contributed by atoms with van der Waals surface area (Å²) in [5, 5.41) is 0. The van der Waals surface area contributed by atoms with Crippen molar-refractivity contribution in [3.63, 3.8) is 0 Å². The molecule has 32 heavy (non-hydrogen) atoms. The minimum absolute atomic E-state index is 0.867. The van der Waals surface area contributed by atoms with Crippen LogP contribution in [0.25, 0.3) is 0 Å². The van der Waals surface area contributed by atoms with Crippen LogP contribution in [0.1, 0.15) is 86.5 Å². The van der Waals surface area contributed by atoms with Crippen molar-refractivity contribution in [3.8, 4) is 0 Å². The largest absolute Gasteiger partial charge is 0.261 e. The fourth-order valence-electron chi connectivity index (χ4n) is 5.42. The molecule has 0 saturated heterocycles. The highest BCUT2D eigenvalue weighted by Crippen LogP contribution is 2.29. The standard InChI is InChI=1S/C30H40N2/c1-23-21-27(13-15-29(23)31-19-17-25-7-3-4-8-25)11-12-28-14-16-30(24(2)22-28)32-20-18-26-9-5-6-10-26/h13-16,19-22,25-26H,3-12,17-18H2,1-2H3. The number of aliphatic imine (C=N–C) groups is 2. The van der Waals surface area contributed by atoms with Gasteiger partial charge in [-0.15, -0.1) is 0 Å². The summed E-state index contributed by atoms with van der Waals surface area (Å²) >= 11 is 0. The minimum Gasteiger partial charge on any atom is -0.261 e. The number of hydrogen-bond donors (Lipinski definition) is 0. The summed E-state index contributed by atoms with van der Waals surface area (Å²) in [6, 6.07) is 13.5. The Morgan fingerprint density at radius 2 is 1.06 bits per heavy atom. The zero-order chi connectivity index (χ0) is 22.2. The van der Waals surface area contributed by atoms with Crippen LogP contribution >= 0.6 is 0 Å². The number of hydrogen-bond acceptors (Lipinski definition) is 2. The van der Waals surface area contributed by atoms with Crippen LogP contribution < -0.4 is 0 Å². The Bertz CT molecular complexity index is 850. The molecule has 4 rings (SSSR count). The molecule has 2 aromatic carbocycles. The first-order valence-electron chi connectivity index (χ1n) is 12.9. The Labute approximate surface area is 195 Å². The molecule has 2 aromatic rings. The fraction of sp³-hybridized carbons (Fsp3) is 0.533. The van der Waals surface area contributed by atoms with Crippen LogP contribution in [0, 0.1) is 25.7 Å². The van der Waals surface area contributed by atoms with Crippen LogP contribution in [0.4, 0.5) is 11.4 Å². The van der Waals surface area contributed by atoms with Crippen molar-refractivity contribution in [1.82, 2.24) is 0 Å². The molecule has 2 nitrogen and oxygen atoms in total. The molecule has 2 aliphatic rings. The predicted molar refractivity (Wildman–Crippen MR) is 139 cm³/mol. The predicted octanol–water partition coefficient (Wildman–Crippen LogP) is 8.65. The van der Waals surface area contributed by atoms with Gasteiger partial charge >= 0.3 is 0 Å². The monoisotopic (exact) mass is 428 g/mol. The van der Waals surface area contributed by atoms with Gasteiger partial charge in [-0.05, 0) is 85.8 Å². The van der Waals surface area contributed by atoms with Crippen LogP contribution in [-0.2, 0) is 12.8 Å². The van der Waals surface area contributed by atoms with E-state index in [0.717, 1.165) is 48.9 Å². The second kappa shape index (κ2) is 11.6. The molecule has 170 valence electrons. The van der Waals surface area contributed by atoms with E-state index in [0.29, 0.717) is 0 Å². The summed E-state index contributed by atoms with van der Waals surface area (Å²) in [6.45, 7) is 4.38. The maximum atomic E-state index is 4.76. The molecular formula is C30H40N2. The van der Waals surface area contributed by atoms with E-state index in [1.54, 1.807) is 0 Å². The van der Waals surface area contributed by atoms with Gasteiger partial charge in [-0.3, -0.25) is 9.98 Å². The van der Waals surface area contributed by atoms with Crippen LogP contribution in [0.2, 0.25) is 0 Å². The maximum Gasteiger partial charge on any atom is 0.0655 e. The van der Waals surface area contributed by atoms with Crippen LogP contribution in [0.5, 0.6) is 0 Å². The number of benzene rings is 2. The summed E-state index contributed by atoms with van der Waals surface area (Å²) < 4.78 is 0. The lowest BCUT2D eigenvalue weighted by atomic mass is 10.0. The van der Waals surface area contributed by atoms with Crippen LogP contribution in [0.3, 0.4) is 0 Å². The third-order valence-corrected chi connectivity index (χ3v) is 7.51. The molecule has 0 atom stereocenters. The lowest BCUT2D eigenvalue weighted by Crippen LogP contribution is -1.94. The molecule has 0 aromatic heterocycles. The second-order valence-electron chi connectivity index (χ2n) is 10.1. The van der Waals surface area contributed by atoms with Crippen molar-refractivity contribution >= 4 is 23.8 Å². The van der Waals surface area contributed by atoms with E-state index in [1.165, 1.54) is 73.6 Å². The number of rotatable bonds is 9. The summed E-state index contributed by atoms with van der Waals surface area (Å²) in [5.74, 6) is 1.73. The molecule has 0 unspecified atom stereocenters. The van der Waals surface area contributed by atoms with Gasteiger partial charge in [0.25, 0.3) is 0 Å². The van der Waals surface area contributed by atoms with E-state index in [-0.39, 0.29) is 0 Å². The average molecular weight is 429 g/mol. The van der Waals surface area contributed by atoms with Gasteiger partial charge in [-0.1, -0.05) is 75.6 Å². The molecule has 0 spiro atoms. The summed E-state index contributed by atoms with van der Waals surface area (Å²) in [5.41, 5.74) is 7.62. The van der Waals surface area contributed by atoms with Crippen molar-refractivity contribution in [2.24, 2.45) is 21.8 Å². The number of aryl methyl sites for hydroxylation is 4. The van der Waals surface area contributed by atoms with E-state index < -0.39 is 0 Å². The van der Waals surface area contributed by atoms with Gasteiger partial charge < -0.3 is 0 Å². The Hall–Kier alpha value is -2.22. The zero-order valence-corrected chi connectivity index (χ0v) is 20.2. The van der Waals surface area contributed by atoms with Crippen molar-refractivity contribution in [2.45, 2.75) is 90.9 Å². The molecule has 0 heterocycles. The van der Waals surface area contributed by atoms with E-state index >= 15 is 0 Å². The average Bonchev–Trinajstić information content (AvgIpc) is 3.49. The smallest absolute Gasteiger partial charge is 0.0655 e. The van der Waals surface area contributed by atoms with E-state index in [2.05, 4.69) is 62.7 Å². The molecule has 2 saturated carbocycles. The first-order valence-corrected chi connectivity index (χ1v) is 12.9. The van der Waals surface area contributed by atoms with Crippen molar-refractivity contribution in [2.75, 3.05) is 0 Å². The molecule has 0 N–H and O–H groups in total. The van der Waals surface area contributed by atoms with Crippen molar-refractivity contribution < 1.29 is 0 Å². The highest BCUT2D eigenvalue weighted by atomic mass is 14.7. The van der Waals surface area contributed by atoms with Gasteiger partial charge in [0.1, 0.15) is 0 Å². The van der Waals surface area contributed by atoms with Crippen molar-refractivity contribution in [1.29, 1.82) is 0 Å². The highest BCUT2D eigenvalue weighted by molar-refractivity contribution is 5.66. The van der Waals surface area contributed by atoms with Gasteiger partial charge in [0.05, 0.1) is 11.4 Å². The van der Waals surface area contributed by atoms with Crippen molar-refractivity contribution in [3.05, 3.63) is 58.7 Å². The van der Waals surface area contributed by atoms with Gasteiger partial charge in [0.15, 0.2) is 0 Å². The maximum absolute atomic E-state index is 4.76. The van der Waals surface area contributed by atoms with Gasteiger partial charge in [-0.2, -0.15) is 0 Å². The molecular weight excluding hydrogens is 388 g/mol. The molecule has 0 radical (unpaired) electrons. The Morgan fingerprint density at radius 1 is 0.656 bits per heavy atom. The molecule has 2 aliphatic carbocycles. The number of nitrogens with zero attached hydrogens (tertiary/aromatic N) is 2.